The summed E-state index contributed by atoms with van der Waals surface area (Å²) in [6, 6.07) is 24.4. The van der Waals surface area contributed by atoms with Gasteiger partial charge in [0.2, 0.25) is 0 Å². The van der Waals surface area contributed by atoms with E-state index in [4.69, 9.17) is 16.2 Å². The first-order chi connectivity index (χ1) is 17.6. The van der Waals surface area contributed by atoms with Gasteiger partial charge >= 0.3 is 0 Å². The molecule has 0 bridgehead atoms. The van der Waals surface area contributed by atoms with Crippen molar-refractivity contribution in [1.29, 1.82) is 0 Å². The summed E-state index contributed by atoms with van der Waals surface area (Å²) in [6.07, 6.45) is 9.04. The second-order valence-corrected chi connectivity index (χ2v) is 10.1. The number of hydrogen-bond acceptors (Lipinski definition) is 4. The van der Waals surface area contributed by atoms with Crippen molar-refractivity contribution in [3.05, 3.63) is 126 Å². The number of fused-ring (bicyclic) bond motifs is 3. The van der Waals surface area contributed by atoms with Gasteiger partial charge in [-0.05, 0) is 60.2 Å². The summed E-state index contributed by atoms with van der Waals surface area (Å²) < 4.78 is 8.02. The Balaban J connectivity index is 1.52. The van der Waals surface area contributed by atoms with Crippen LogP contribution in [0.3, 0.4) is 0 Å². The van der Waals surface area contributed by atoms with Crippen LogP contribution in [-0.4, -0.2) is 11.2 Å². The van der Waals surface area contributed by atoms with Crippen molar-refractivity contribution in [3.8, 4) is 18.1 Å². The molecule has 1 unspecified atom stereocenters. The topological polar surface area (TPSA) is 43.6 Å². The Bertz CT molecular complexity index is 1720. The molecule has 176 valence electrons. The quantitative estimate of drug-likeness (QED) is 0.393. The van der Waals surface area contributed by atoms with E-state index >= 15 is 0 Å². The van der Waals surface area contributed by atoms with Gasteiger partial charge in [0.05, 0.1) is 16.3 Å². The largest absolute Gasteiger partial charge is 0.481 e. The van der Waals surface area contributed by atoms with Crippen LogP contribution in [0.1, 0.15) is 40.3 Å². The average molecular weight is 489 g/mol. The first kappa shape index (κ1) is 22.3. The predicted molar refractivity (Wildman–Crippen MR) is 145 cm³/mol. The third-order valence-corrected chi connectivity index (χ3v) is 7.75. The average Bonchev–Trinajstić information content (AvgIpc) is 3.22. The van der Waals surface area contributed by atoms with Gasteiger partial charge in [-0.25, -0.2) is 4.99 Å². The molecule has 0 amide bonds. The maximum atomic E-state index is 13.8. The lowest BCUT2D eigenvalue weighted by Gasteiger charge is -2.30. The molecule has 0 radical (unpaired) electrons. The highest BCUT2D eigenvalue weighted by Crippen LogP contribution is 2.41. The minimum Gasteiger partial charge on any atom is -0.481 e. The van der Waals surface area contributed by atoms with Gasteiger partial charge in [0.15, 0.2) is 4.80 Å². The Morgan fingerprint density at radius 2 is 1.86 bits per heavy atom. The summed E-state index contributed by atoms with van der Waals surface area (Å²) in [5, 5.41) is 0. The normalized spacial score (nSPS) is 16.4. The van der Waals surface area contributed by atoms with E-state index in [0.717, 1.165) is 34.5 Å². The Hall–Kier alpha value is -4.14. The number of ether oxygens (including phenoxy) is 1. The summed E-state index contributed by atoms with van der Waals surface area (Å²) in [5.74, 6) is 3.17. The highest BCUT2D eigenvalue weighted by molar-refractivity contribution is 7.07. The molecule has 0 fully saturated rings. The standard InChI is InChI=1S/C31H24N2O2S/c1-3-18-35-24-15-10-21(11-16-24)19-27-30(34)33-29(23-12-8-20(2)9-13-23)26-17-14-22-6-4-5-7-25(22)28(26)32-31(33)36-27/h1,4-13,15-16,19,29H,14,17-18H2,2H3/b27-19-. The molecule has 0 saturated carbocycles. The molecule has 1 aliphatic carbocycles. The summed E-state index contributed by atoms with van der Waals surface area (Å²) in [4.78, 5) is 19.6. The van der Waals surface area contributed by atoms with E-state index in [1.54, 1.807) is 0 Å². The number of aryl methyl sites for hydroxylation is 2. The van der Waals surface area contributed by atoms with Crippen LogP contribution in [-0.2, 0) is 6.42 Å². The smallest absolute Gasteiger partial charge is 0.271 e. The fraction of sp³-hybridized carbons (Fsp3) is 0.161. The van der Waals surface area contributed by atoms with Crippen LogP contribution < -0.4 is 19.6 Å². The molecule has 1 aliphatic heterocycles. The van der Waals surface area contributed by atoms with Gasteiger partial charge in [0, 0.05) is 5.56 Å². The minimum atomic E-state index is -0.160. The predicted octanol–water partition coefficient (Wildman–Crippen LogP) is 4.64. The number of allylic oxidation sites excluding steroid dienone is 1. The maximum Gasteiger partial charge on any atom is 0.271 e. The molecule has 1 aromatic heterocycles. The van der Waals surface area contributed by atoms with Crippen molar-refractivity contribution in [2.75, 3.05) is 6.61 Å². The Labute approximate surface area is 213 Å². The molecular formula is C31H24N2O2S. The van der Waals surface area contributed by atoms with Crippen molar-refractivity contribution >= 4 is 23.1 Å². The zero-order valence-corrected chi connectivity index (χ0v) is 20.7. The number of rotatable bonds is 4. The van der Waals surface area contributed by atoms with Crippen LogP contribution in [0.2, 0.25) is 0 Å². The van der Waals surface area contributed by atoms with E-state index in [9.17, 15) is 4.79 Å². The molecule has 2 aliphatic rings. The second-order valence-electron chi connectivity index (χ2n) is 9.09. The summed E-state index contributed by atoms with van der Waals surface area (Å²) in [6.45, 7) is 2.31. The van der Waals surface area contributed by atoms with Gasteiger partial charge in [-0.2, -0.15) is 0 Å². The highest BCUT2D eigenvalue weighted by Gasteiger charge is 2.32. The number of nitrogens with zero attached hydrogens (tertiary/aromatic N) is 2. The summed E-state index contributed by atoms with van der Waals surface area (Å²) in [7, 11) is 0. The lowest BCUT2D eigenvalue weighted by Crippen LogP contribution is -2.38. The molecule has 0 saturated heterocycles. The first-order valence-corrected chi connectivity index (χ1v) is 12.8. The molecule has 2 heterocycles. The first-order valence-electron chi connectivity index (χ1n) is 12.0. The van der Waals surface area contributed by atoms with E-state index in [0.29, 0.717) is 10.3 Å². The molecular weight excluding hydrogens is 464 g/mol. The Morgan fingerprint density at radius 1 is 1.08 bits per heavy atom. The van der Waals surface area contributed by atoms with Gasteiger partial charge in [-0.15, -0.1) is 6.42 Å². The van der Waals surface area contributed by atoms with Crippen LogP contribution in [0, 0.1) is 19.3 Å². The minimum absolute atomic E-state index is 0.0117. The molecule has 4 aromatic rings. The zero-order valence-electron chi connectivity index (χ0n) is 19.9. The lowest BCUT2D eigenvalue weighted by molar-refractivity contribution is 0.370. The van der Waals surface area contributed by atoms with E-state index in [1.807, 2.05) is 34.9 Å². The number of terminal acetylenes is 1. The third kappa shape index (κ3) is 3.90. The second kappa shape index (κ2) is 9.14. The SMILES string of the molecule is C#CCOc1ccc(/C=c2\sc3n(c2=O)C(c2ccc(C)cc2)C2=C(N=3)c3ccccc3CC2)cc1. The molecule has 0 spiro atoms. The van der Waals surface area contributed by atoms with Crippen LogP contribution >= 0.6 is 11.3 Å². The van der Waals surface area contributed by atoms with Crippen LogP contribution in [0.5, 0.6) is 5.75 Å². The lowest BCUT2D eigenvalue weighted by atomic mass is 9.83. The maximum absolute atomic E-state index is 13.8. The van der Waals surface area contributed by atoms with Crippen LogP contribution in [0.25, 0.3) is 11.8 Å². The number of thiazole rings is 1. The third-order valence-electron chi connectivity index (χ3n) is 6.77. The summed E-state index contributed by atoms with van der Waals surface area (Å²) >= 11 is 1.44. The van der Waals surface area contributed by atoms with Crippen molar-refractivity contribution in [1.82, 2.24) is 4.57 Å². The molecule has 3 aromatic carbocycles. The zero-order chi connectivity index (χ0) is 24.6. The van der Waals surface area contributed by atoms with Crippen molar-refractivity contribution < 1.29 is 4.74 Å². The van der Waals surface area contributed by atoms with E-state index < -0.39 is 0 Å². The van der Waals surface area contributed by atoms with Crippen LogP contribution in [0.15, 0.2) is 88.2 Å². The van der Waals surface area contributed by atoms with Gasteiger partial charge in [0.1, 0.15) is 12.4 Å². The molecule has 0 N–H and O–H groups in total. The molecule has 4 nitrogen and oxygen atoms in total. The van der Waals surface area contributed by atoms with E-state index in [2.05, 4.69) is 61.4 Å². The molecule has 6 rings (SSSR count). The number of hydrogen-bond donors (Lipinski definition) is 0. The fourth-order valence-corrected chi connectivity index (χ4v) is 6.01. The Morgan fingerprint density at radius 3 is 2.64 bits per heavy atom. The number of aromatic nitrogens is 1. The Kier molecular flexibility index (Phi) is 5.67. The van der Waals surface area contributed by atoms with Crippen molar-refractivity contribution in [2.24, 2.45) is 4.99 Å². The van der Waals surface area contributed by atoms with Crippen LogP contribution in [0.4, 0.5) is 0 Å². The van der Waals surface area contributed by atoms with E-state index in [-0.39, 0.29) is 18.2 Å². The number of benzene rings is 3. The van der Waals surface area contributed by atoms with Gasteiger partial charge < -0.3 is 4.74 Å². The van der Waals surface area contributed by atoms with Gasteiger partial charge in [-0.3, -0.25) is 9.36 Å². The molecule has 5 heteroatoms. The van der Waals surface area contributed by atoms with Gasteiger partial charge in [0.25, 0.3) is 5.56 Å². The molecule has 36 heavy (non-hydrogen) atoms. The highest BCUT2D eigenvalue weighted by atomic mass is 32.1. The van der Waals surface area contributed by atoms with Crippen molar-refractivity contribution in [3.63, 3.8) is 0 Å². The summed E-state index contributed by atoms with van der Waals surface area (Å²) in [5.41, 5.74) is 7.95. The van der Waals surface area contributed by atoms with Crippen molar-refractivity contribution in [2.45, 2.75) is 25.8 Å². The fourth-order valence-electron chi connectivity index (χ4n) is 5.01. The van der Waals surface area contributed by atoms with E-state index in [1.165, 1.54) is 33.6 Å². The molecule has 1 atom stereocenters. The van der Waals surface area contributed by atoms with Gasteiger partial charge in [-0.1, -0.05) is 83.5 Å². The monoisotopic (exact) mass is 488 g/mol.